The highest BCUT2D eigenvalue weighted by Crippen LogP contribution is 2.25. The van der Waals surface area contributed by atoms with Crippen molar-refractivity contribution < 1.29 is 9.53 Å². The van der Waals surface area contributed by atoms with E-state index in [1.807, 2.05) is 66.7 Å². The molecule has 0 atom stereocenters. The van der Waals surface area contributed by atoms with E-state index < -0.39 is 0 Å². The highest BCUT2D eigenvalue weighted by Gasteiger charge is 2.18. The van der Waals surface area contributed by atoms with E-state index in [-0.39, 0.29) is 12.6 Å². The average molecular weight is 333 g/mol. The van der Waals surface area contributed by atoms with Crippen molar-refractivity contribution >= 4 is 17.4 Å². The number of hydrogen-bond donors (Lipinski definition) is 1. The molecular formula is C20H19N3O2. The Bertz CT molecular complexity index is 783. The van der Waals surface area contributed by atoms with Crippen LogP contribution >= 0.6 is 0 Å². The lowest BCUT2D eigenvalue weighted by molar-refractivity contribution is 0.248. The van der Waals surface area contributed by atoms with Crippen molar-refractivity contribution in [3.8, 4) is 5.75 Å². The number of nitrogens with one attached hydrogen (secondary N) is 1. The van der Waals surface area contributed by atoms with Gasteiger partial charge >= 0.3 is 6.03 Å². The Morgan fingerprint density at radius 1 is 0.960 bits per heavy atom. The molecule has 1 N–H and O–H groups in total. The summed E-state index contributed by atoms with van der Waals surface area (Å²) in [6, 6.07) is 22.4. The minimum absolute atomic E-state index is 0.231. The zero-order chi connectivity index (χ0) is 17.5. The van der Waals surface area contributed by atoms with Crippen LogP contribution in [-0.2, 0) is 6.54 Å². The van der Waals surface area contributed by atoms with Crippen molar-refractivity contribution in [3.63, 3.8) is 0 Å². The van der Waals surface area contributed by atoms with Crippen molar-refractivity contribution in [3.05, 3.63) is 84.7 Å². The summed E-state index contributed by atoms with van der Waals surface area (Å²) in [5.74, 6) is 0.647. The molecule has 0 bridgehead atoms. The summed E-state index contributed by atoms with van der Waals surface area (Å²) in [7, 11) is 1.59. The van der Waals surface area contributed by atoms with E-state index in [0.717, 1.165) is 11.4 Å². The Morgan fingerprint density at radius 2 is 1.56 bits per heavy atom. The first-order valence-corrected chi connectivity index (χ1v) is 7.95. The first-order chi connectivity index (χ1) is 12.3. The van der Waals surface area contributed by atoms with Gasteiger partial charge in [-0.05, 0) is 36.4 Å². The molecule has 0 saturated heterocycles. The van der Waals surface area contributed by atoms with Crippen LogP contribution in [0.2, 0.25) is 0 Å². The Kier molecular flexibility index (Phi) is 5.26. The van der Waals surface area contributed by atoms with E-state index in [1.54, 1.807) is 24.3 Å². The van der Waals surface area contributed by atoms with Crippen LogP contribution in [-0.4, -0.2) is 18.1 Å². The maximum absolute atomic E-state index is 12.9. The second kappa shape index (κ2) is 7.97. The van der Waals surface area contributed by atoms with Crippen molar-refractivity contribution in [2.45, 2.75) is 6.54 Å². The van der Waals surface area contributed by atoms with Crippen LogP contribution in [0.5, 0.6) is 5.75 Å². The SMILES string of the molecule is COc1cccnc1CNC(=O)N(c1ccccc1)c1ccccc1. The fourth-order valence-electron chi connectivity index (χ4n) is 2.52. The van der Waals surface area contributed by atoms with Crippen LogP contribution < -0.4 is 15.0 Å². The molecule has 2 aromatic carbocycles. The molecule has 5 heteroatoms. The normalized spacial score (nSPS) is 10.1. The standard InChI is InChI=1S/C20H19N3O2/c1-25-19-13-8-14-21-18(19)15-22-20(24)23(16-9-4-2-5-10-16)17-11-6-3-7-12-17/h2-14H,15H2,1H3,(H,22,24). The summed E-state index contributed by atoms with van der Waals surface area (Å²) in [5, 5.41) is 2.92. The van der Waals surface area contributed by atoms with Crippen molar-refractivity contribution in [2.24, 2.45) is 0 Å². The average Bonchev–Trinajstić information content (AvgIpc) is 2.68. The molecule has 1 aromatic heterocycles. The van der Waals surface area contributed by atoms with Gasteiger partial charge < -0.3 is 10.1 Å². The third kappa shape index (κ3) is 3.95. The number of carbonyl (C=O) groups excluding carboxylic acids is 1. The molecule has 0 fully saturated rings. The summed E-state index contributed by atoms with van der Waals surface area (Å²) in [5.41, 5.74) is 2.26. The molecule has 0 aliphatic heterocycles. The van der Waals surface area contributed by atoms with Crippen LogP contribution in [0.1, 0.15) is 5.69 Å². The monoisotopic (exact) mass is 333 g/mol. The molecule has 3 rings (SSSR count). The summed E-state index contributed by atoms with van der Waals surface area (Å²) in [6.45, 7) is 0.277. The number of ether oxygens (including phenoxy) is 1. The summed E-state index contributed by atoms with van der Waals surface area (Å²) < 4.78 is 5.28. The predicted molar refractivity (Wildman–Crippen MR) is 98.0 cm³/mol. The van der Waals surface area contributed by atoms with E-state index in [9.17, 15) is 4.79 Å². The van der Waals surface area contributed by atoms with Gasteiger partial charge in [-0.2, -0.15) is 0 Å². The topological polar surface area (TPSA) is 54.5 Å². The smallest absolute Gasteiger partial charge is 0.326 e. The number of rotatable bonds is 5. The van der Waals surface area contributed by atoms with Crippen molar-refractivity contribution in [1.82, 2.24) is 10.3 Å². The number of methoxy groups -OCH3 is 1. The predicted octanol–water partition coefficient (Wildman–Crippen LogP) is 4.14. The maximum atomic E-state index is 12.9. The molecule has 5 nitrogen and oxygen atoms in total. The van der Waals surface area contributed by atoms with E-state index >= 15 is 0 Å². The third-order valence-corrected chi connectivity index (χ3v) is 3.71. The van der Waals surface area contributed by atoms with Gasteiger partial charge in [-0.3, -0.25) is 9.88 Å². The Morgan fingerprint density at radius 3 is 2.12 bits per heavy atom. The molecule has 0 spiro atoms. The van der Waals surface area contributed by atoms with E-state index in [2.05, 4.69) is 10.3 Å². The number of hydrogen-bond acceptors (Lipinski definition) is 3. The number of anilines is 2. The Labute approximate surface area is 146 Å². The van der Waals surface area contributed by atoms with E-state index in [0.29, 0.717) is 11.4 Å². The van der Waals surface area contributed by atoms with Gasteiger partial charge in [0.25, 0.3) is 0 Å². The third-order valence-electron chi connectivity index (χ3n) is 3.71. The largest absolute Gasteiger partial charge is 0.495 e. The number of urea groups is 1. The van der Waals surface area contributed by atoms with Gasteiger partial charge in [-0.15, -0.1) is 0 Å². The molecule has 3 aromatic rings. The Hall–Kier alpha value is -3.34. The van der Waals surface area contributed by atoms with Crippen molar-refractivity contribution in [2.75, 3.05) is 12.0 Å². The molecule has 0 saturated carbocycles. The lowest BCUT2D eigenvalue weighted by atomic mass is 10.2. The van der Waals surface area contributed by atoms with Crippen LogP contribution in [0.25, 0.3) is 0 Å². The minimum atomic E-state index is -0.231. The van der Waals surface area contributed by atoms with Crippen LogP contribution in [0.3, 0.4) is 0 Å². The van der Waals surface area contributed by atoms with Gasteiger partial charge in [-0.1, -0.05) is 36.4 Å². The van der Waals surface area contributed by atoms with Crippen LogP contribution in [0, 0.1) is 0 Å². The quantitative estimate of drug-likeness (QED) is 0.763. The molecule has 2 amide bonds. The second-order valence-electron chi connectivity index (χ2n) is 5.32. The molecule has 0 aliphatic carbocycles. The molecule has 1 heterocycles. The van der Waals surface area contributed by atoms with Crippen molar-refractivity contribution in [1.29, 1.82) is 0 Å². The second-order valence-corrected chi connectivity index (χ2v) is 5.32. The lowest BCUT2D eigenvalue weighted by Gasteiger charge is -2.23. The number of para-hydroxylation sites is 2. The van der Waals surface area contributed by atoms with Gasteiger partial charge in [0.15, 0.2) is 0 Å². The Balaban J connectivity index is 1.83. The molecule has 0 unspecified atom stereocenters. The number of carbonyl (C=O) groups is 1. The zero-order valence-electron chi connectivity index (χ0n) is 13.9. The number of benzene rings is 2. The molecule has 0 radical (unpaired) electrons. The van der Waals surface area contributed by atoms with Gasteiger partial charge in [0.2, 0.25) is 0 Å². The number of nitrogens with zero attached hydrogens (tertiary/aromatic N) is 2. The van der Waals surface area contributed by atoms with E-state index in [1.165, 1.54) is 0 Å². The van der Waals surface area contributed by atoms with Gasteiger partial charge in [0.05, 0.1) is 25.0 Å². The lowest BCUT2D eigenvalue weighted by Crippen LogP contribution is -2.36. The maximum Gasteiger partial charge on any atom is 0.326 e. The summed E-state index contributed by atoms with van der Waals surface area (Å²) in [6.07, 6.45) is 1.68. The summed E-state index contributed by atoms with van der Waals surface area (Å²) >= 11 is 0. The fourth-order valence-corrected chi connectivity index (χ4v) is 2.52. The molecular weight excluding hydrogens is 314 g/mol. The highest BCUT2D eigenvalue weighted by atomic mass is 16.5. The van der Waals surface area contributed by atoms with E-state index in [4.69, 9.17) is 4.74 Å². The highest BCUT2D eigenvalue weighted by molar-refractivity contribution is 5.99. The number of pyridine rings is 1. The fraction of sp³-hybridized carbons (Fsp3) is 0.100. The number of amides is 2. The minimum Gasteiger partial charge on any atom is -0.495 e. The zero-order valence-corrected chi connectivity index (χ0v) is 13.9. The number of aromatic nitrogens is 1. The summed E-state index contributed by atoms with van der Waals surface area (Å²) in [4.78, 5) is 18.8. The first kappa shape index (κ1) is 16.5. The van der Waals surface area contributed by atoms with Crippen LogP contribution in [0.4, 0.5) is 16.2 Å². The van der Waals surface area contributed by atoms with Gasteiger partial charge in [0.1, 0.15) is 11.4 Å². The van der Waals surface area contributed by atoms with Gasteiger partial charge in [-0.25, -0.2) is 4.79 Å². The molecule has 25 heavy (non-hydrogen) atoms. The first-order valence-electron chi connectivity index (χ1n) is 7.95. The van der Waals surface area contributed by atoms with Crippen LogP contribution in [0.15, 0.2) is 79.0 Å². The van der Waals surface area contributed by atoms with Gasteiger partial charge in [0, 0.05) is 6.20 Å². The molecule has 0 aliphatic rings. The molecule has 126 valence electrons.